The maximum Gasteiger partial charge on any atom is 0.320 e. The van der Waals surface area contributed by atoms with E-state index in [0.29, 0.717) is 115 Å². The molecule has 0 bridgehead atoms. The van der Waals surface area contributed by atoms with Crippen molar-refractivity contribution in [1.82, 2.24) is 30.7 Å². The van der Waals surface area contributed by atoms with Gasteiger partial charge in [-0.3, -0.25) is 4.79 Å². The molecule has 624 valence electrons. The first kappa shape index (κ1) is 86.1. The molecule has 12 atom stereocenters. The Hall–Kier alpha value is -8.28. The molecule has 8 aromatic carbocycles. The van der Waals surface area contributed by atoms with E-state index in [-0.39, 0.29) is 114 Å². The first-order valence-electron chi connectivity index (χ1n) is 39.7. The lowest BCUT2D eigenvalue weighted by Gasteiger charge is -2.58. The van der Waals surface area contributed by atoms with E-state index in [1.165, 1.54) is 18.2 Å². The van der Waals surface area contributed by atoms with Gasteiger partial charge in [-0.1, -0.05) is 94.9 Å². The number of nitrogens with one attached hydrogen (secondary N) is 3. The molecule has 10 aliphatic heterocycles. The Bertz CT molecular complexity index is 5050. The summed E-state index contributed by atoms with van der Waals surface area (Å²) in [5, 5.41) is 21.5. The molecule has 0 unspecified atom stereocenters. The van der Waals surface area contributed by atoms with Crippen molar-refractivity contribution in [1.29, 1.82) is 5.26 Å². The van der Waals surface area contributed by atoms with Gasteiger partial charge in [0.05, 0.1) is 36.7 Å². The SMILES string of the molecule is CCN1CC[C@@H]2CC[C@@]3(Cc4ccc(Cl)cc4)c4c(F)ccc(F)c4OC[C@H]3N2C1=O.N#CC[C@@H]1CC[C@@]2(Cc3ccc(Cl)cc3)c3c(F)ccc(F)c3OC[C@H]2N1.NCC[C@@H]1CC[C@@]2(Cc3ccc(Cl)cc3)c3c(F)ccc(F)c3OC[C@H]2N1.O=C(Cl)Cl.O=C1NCC[C@@H]2CC[C@@]3(Cc4ccc(Cl)cc4)c4c(F)ccc(F)c4OC[C@H]3N12. The summed E-state index contributed by atoms with van der Waals surface area (Å²) in [6.07, 6.45) is 10.8. The maximum atomic E-state index is 15.3. The zero-order valence-electron chi connectivity index (χ0n) is 64.5. The van der Waals surface area contributed by atoms with E-state index in [4.69, 9.17) is 81.1 Å². The van der Waals surface area contributed by atoms with Crippen LogP contribution in [0.4, 0.5) is 49.5 Å². The minimum absolute atomic E-state index is 0.0135. The quantitative estimate of drug-likeness (QED) is 0.0674. The number of carbonyl (C=O) groups excluding carboxylic acids is 3. The summed E-state index contributed by atoms with van der Waals surface area (Å²) in [4.78, 5) is 40.6. The second-order valence-corrected chi connectivity index (χ2v) is 34.6. The second-order valence-electron chi connectivity index (χ2n) is 32.0. The van der Waals surface area contributed by atoms with Crippen LogP contribution in [0.2, 0.25) is 20.1 Å². The van der Waals surface area contributed by atoms with Crippen molar-refractivity contribution in [3.05, 3.63) is 257 Å². The van der Waals surface area contributed by atoms with Gasteiger partial charge < -0.3 is 55.3 Å². The summed E-state index contributed by atoms with van der Waals surface area (Å²) in [6.45, 7) is 5.39. The summed E-state index contributed by atoms with van der Waals surface area (Å²) < 4.78 is 140. The second kappa shape index (κ2) is 36.6. The Kier molecular flexibility index (Phi) is 26.7. The summed E-state index contributed by atoms with van der Waals surface area (Å²) in [5.41, 5.74) is 8.13. The predicted molar refractivity (Wildman–Crippen MR) is 438 cm³/mol. The number of benzene rings is 8. The number of fused-ring (bicyclic) bond motifs is 16. The van der Waals surface area contributed by atoms with Crippen molar-refractivity contribution in [2.75, 3.05) is 52.6 Å². The lowest BCUT2D eigenvalue weighted by atomic mass is 9.62. The lowest BCUT2D eigenvalue weighted by Crippen LogP contribution is -2.69. The highest BCUT2D eigenvalue weighted by Gasteiger charge is 2.60. The van der Waals surface area contributed by atoms with Crippen LogP contribution < -0.4 is 40.6 Å². The molecule has 8 aromatic rings. The van der Waals surface area contributed by atoms with Crippen LogP contribution in [-0.4, -0.2) is 132 Å². The zero-order valence-corrected chi connectivity index (χ0v) is 69.0. The number of amides is 4. The van der Waals surface area contributed by atoms with Crippen LogP contribution >= 0.6 is 69.6 Å². The number of hydrogen-bond acceptors (Lipinski definition) is 11. The van der Waals surface area contributed by atoms with Gasteiger partial charge in [0, 0.05) is 108 Å². The predicted octanol–water partition coefficient (Wildman–Crippen LogP) is 19.7. The monoisotopic (exact) mass is 1740 g/mol. The number of piperidine rings is 4. The Morgan fingerprint density at radius 1 is 0.466 bits per heavy atom. The average Bonchev–Trinajstić information content (AvgIpc) is 0.720. The first-order chi connectivity index (χ1) is 56.7. The topological polar surface area (TPSA) is 184 Å². The van der Waals surface area contributed by atoms with Gasteiger partial charge in [-0.25, -0.2) is 44.7 Å². The smallest absolute Gasteiger partial charge is 0.320 e. The standard InChI is InChI=1S/C24H25ClF2N2O2.C22H21ClF2N2O2.C21H23ClF2N2O.C21H19ClF2N2O.CCl2O/c1-2-28-12-10-17-9-11-24(13-15-3-5-16(25)6-4-15)20(29(17)23(28)30)14-31-22-19(27)8-7-18(26)21(22)24;23-14-3-1-13(2-4-14)11-22-9-7-15-8-10-26-21(28)27(15)18(22)12-29-20-17(25)6-5-16(24)19(20)22;2*22-14-3-1-13(2-4-14)11-21-9-7-15(8-10-25)26-18(21)12-27-20-17(24)6-5-16(23)19(20)21;2-1(3)4/h3-8,17,20H,2,9-14H2,1H3;1-6,15,18H,7-12H2,(H,26,28);1-6,15,18,26H,7-12,25H2;1-6,15,18,26H,7-9,11-12H2;/t17-,20+,24-;15-,18+,22-;2*15-,18+,21-;/m0000./s1. The number of halogens is 14. The van der Waals surface area contributed by atoms with Crippen molar-refractivity contribution in [3.63, 3.8) is 0 Å². The molecule has 0 aromatic heterocycles. The highest BCUT2D eigenvalue weighted by atomic mass is 35.5. The molecule has 18 rings (SSSR count). The molecule has 10 aliphatic rings. The zero-order chi connectivity index (χ0) is 83.5. The first-order valence-corrected chi connectivity index (χ1v) is 42.0. The molecule has 6 saturated heterocycles. The average molecular weight is 1750 g/mol. The number of nitriles is 1. The summed E-state index contributed by atoms with van der Waals surface area (Å²) in [5.74, 6) is -3.99. The molecule has 5 N–H and O–H groups in total. The van der Waals surface area contributed by atoms with Crippen LogP contribution in [0.5, 0.6) is 23.0 Å². The van der Waals surface area contributed by atoms with Gasteiger partial charge in [0.15, 0.2) is 46.3 Å². The van der Waals surface area contributed by atoms with Crippen LogP contribution in [0, 0.1) is 57.9 Å². The largest absolute Gasteiger partial charge is 0.488 e. The molecular formula is C89H88Cl6F8N8O7. The molecule has 0 spiro atoms. The van der Waals surface area contributed by atoms with E-state index in [2.05, 4.69) is 45.2 Å². The summed E-state index contributed by atoms with van der Waals surface area (Å²) >= 11 is 32.9. The van der Waals surface area contributed by atoms with E-state index in [9.17, 15) is 35.9 Å². The number of nitrogens with zero attached hydrogens (tertiary/aromatic N) is 4. The van der Waals surface area contributed by atoms with Crippen LogP contribution in [-0.2, 0) is 47.3 Å². The third-order valence-corrected chi connectivity index (χ3v) is 26.6. The van der Waals surface area contributed by atoms with E-state index in [0.717, 1.165) is 104 Å². The van der Waals surface area contributed by atoms with E-state index in [1.807, 2.05) is 82.3 Å². The molecule has 4 amide bonds. The fraction of sp³-hybridized carbons (Fsp3) is 0.416. The molecular weight excluding hydrogens is 1660 g/mol. The van der Waals surface area contributed by atoms with Crippen LogP contribution in [0.15, 0.2) is 146 Å². The fourth-order valence-electron chi connectivity index (χ4n) is 20.3. The van der Waals surface area contributed by atoms with Gasteiger partial charge in [-0.15, -0.1) is 0 Å². The van der Waals surface area contributed by atoms with Crippen LogP contribution in [0.1, 0.15) is 128 Å². The fourth-order valence-corrected chi connectivity index (χ4v) is 20.8. The Morgan fingerprint density at radius 3 is 1.18 bits per heavy atom. The Morgan fingerprint density at radius 2 is 0.797 bits per heavy atom. The maximum absolute atomic E-state index is 15.3. The number of nitrogens with two attached hydrogens (primary N) is 1. The van der Waals surface area contributed by atoms with Gasteiger partial charge in [0.25, 0.3) is 0 Å². The molecule has 0 aliphatic carbocycles. The highest BCUT2D eigenvalue weighted by molar-refractivity contribution is 6.93. The van der Waals surface area contributed by atoms with E-state index in [1.54, 1.807) is 36.4 Å². The van der Waals surface area contributed by atoms with Crippen LogP contribution in [0.25, 0.3) is 0 Å². The van der Waals surface area contributed by atoms with Crippen molar-refractivity contribution >= 4 is 86.4 Å². The molecule has 0 saturated carbocycles. The Labute approximate surface area is 710 Å². The van der Waals surface area contributed by atoms with Crippen molar-refractivity contribution in [3.8, 4) is 29.1 Å². The van der Waals surface area contributed by atoms with Crippen molar-refractivity contribution in [2.45, 2.75) is 180 Å². The lowest BCUT2D eigenvalue weighted by molar-refractivity contribution is -0.0262. The van der Waals surface area contributed by atoms with E-state index < -0.39 is 72.9 Å². The third kappa shape index (κ3) is 17.2. The van der Waals surface area contributed by atoms with Gasteiger partial charge in [0.1, 0.15) is 49.7 Å². The van der Waals surface area contributed by atoms with Gasteiger partial charge in [0.2, 0.25) is 0 Å². The number of ether oxygens (including phenoxy) is 4. The van der Waals surface area contributed by atoms with E-state index >= 15 is 8.78 Å². The van der Waals surface area contributed by atoms with Gasteiger partial charge >= 0.3 is 16.8 Å². The molecule has 6 fully saturated rings. The van der Waals surface area contributed by atoms with Gasteiger partial charge in [-0.2, -0.15) is 5.26 Å². The van der Waals surface area contributed by atoms with Crippen molar-refractivity contribution in [2.24, 2.45) is 5.73 Å². The molecule has 10 heterocycles. The minimum Gasteiger partial charge on any atom is -0.488 e. The molecule has 0 radical (unpaired) electrons. The van der Waals surface area contributed by atoms with Crippen molar-refractivity contribution < 1.29 is 68.5 Å². The molecule has 118 heavy (non-hydrogen) atoms. The number of rotatable bonds is 12. The van der Waals surface area contributed by atoms with Gasteiger partial charge in [-0.05, 0) is 252 Å². The highest BCUT2D eigenvalue weighted by Crippen LogP contribution is 2.56. The molecule has 29 heteroatoms. The minimum atomic E-state index is -0.889. The summed E-state index contributed by atoms with van der Waals surface area (Å²) in [6, 6.07) is 40.5. The normalized spacial score (nSPS) is 26.4. The third-order valence-electron chi connectivity index (χ3n) is 25.6. The summed E-state index contributed by atoms with van der Waals surface area (Å²) in [7, 11) is 0. The molecule has 15 nitrogen and oxygen atoms in total. The Balaban J connectivity index is 0.000000127. The number of urea groups is 2. The number of hydrogen-bond donors (Lipinski definition) is 4. The number of carbonyl (C=O) groups is 3. The van der Waals surface area contributed by atoms with Crippen LogP contribution in [0.3, 0.4) is 0 Å².